The van der Waals surface area contributed by atoms with Crippen molar-refractivity contribution in [3.05, 3.63) is 34.9 Å². The maximum Gasteiger partial charge on any atom is 0.331 e. The lowest BCUT2D eigenvalue weighted by atomic mass is 9.96. The Balaban J connectivity index is 4.27. The summed E-state index contributed by atoms with van der Waals surface area (Å²) in [7, 11) is 0. The molecule has 2 nitrogen and oxygen atoms in total. The minimum Gasteiger partial charge on any atom is -0.460 e. The van der Waals surface area contributed by atoms with E-state index in [1.807, 2.05) is 26.8 Å². The first-order valence-corrected chi connectivity index (χ1v) is 7.40. The molecule has 0 aromatic heterocycles. The van der Waals surface area contributed by atoms with Gasteiger partial charge in [0.2, 0.25) is 0 Å². The van der Waals surface area contributed by atoms with Crippen molar-refractivity contribution in [3.8, 4) is 0 Å². The van der Waals surface area contributed by atoms with E-state index >= 15 is 0 Å². The number of carbonyl (C=O) groups excluding carboxylic acids is 1. The molecule has 0 aromatic carbocycles. The standard InChI is InChI=1S/C18H30O2/c1-13(2)17(7)11-15(5)9-8-10-16(6)12-18(19)20-14(3)4/h8,10,12,14-15H,9,11H2,1-7H3/b10-8+,16-12+. The van der Waals surface area contributed by atoms with Gasteiger partial charge in [-0.15, -0.1) is 0 Å². The second kappa shape index (κ2) is 9.57. The number of carbonyl (C=O) groups is 1. The molecule has 0 aliphatic rings. The number of ether oxygens (including phenoxy) is 1. The van der Waals surface area contributed by atoms with Crippen LogP contribution in [0.3, 0.4) is 0 Å². The highest BCUT2D eigenvalue weighted by atomic mass is 16.5. The molecule has 0 heterocycles. The first kappa shape index (κ1) is 18.7. The van der Waals surface area contributed by atoms with Gasteiger partial charge < -0.3 is 4.74 Å². The third kappa shape index (κ3) is 9.60. The Hall–Kier alpha value is -1.31. The van der Waals surface area contributed by atoms with Crippen molar-refractivity contribution >= 4 is 5.97 Å². The third-order valence-electron chi connectivity index (χ3n) is 3.12. The van der Waals surface area contributed by atoms with Crippen molar-refractivity contribution < 1.29 is 9.53 Å². The molecule has 0 amide bonds. The van der Waals surface area contributed by atoms with Crippen LogP contribution in [0.15, 0.2) is 34.9 Å². The number of hydrogen-bond donors (Lipinski definition) is 0. The zero-order valence-corrected chi connectivity index (χ0v) is 14.1. The van der Waals surface area contributed by atoms with Crippen LogP contribution in [0.2, 0.25) is 0 Å². The molecule has 0 rings (SSSR count). The van der Waals surface area contributed by atoms with Gasteiger partial charge in [0.1, 0.15) is 0 Å². The van der Waals surface area contributed by atoms with Crippen LogP contribution in [-0.2, 0) is 9.53 Å². The Labute approximate surface area is 124 Å². The summed E-state index contributed by atoms with van der Waals surface area (Å²) < 4.78 is 5.07. The van der Waals surface area contributed by atoms with Crippen molar-refractivity contribution in [1.29, 1.82) is 0 Å². The first-order valence-electron chi connectivity index (χ1n) is 7.40. The van der Waals surface area contributed by atoms with Crippen LogP contribution in [0.1, 0.15) is 61.3 Å². The van der Waals surface area contributed by atoms with E-state index in [2.05, 4.69) is 33.8 Å². The number of rotatable bonds is 7. The minimum absolute atomic E-state index is 0.0670. The average Bonchev–Trinajstić information content (AvgIpc) is 2.26. The van der Waals surface area contributed by atoms with Crippen LogP contribution in [0.5, 0.6) is 0 Å². The molecule has 0 aliphatic heterocycles. The number of allylic oxidation sites excluding steroid dienone is 5. The summed E-state index contributed by atoms with van der Waals surface area (Å²) in [5.74, 6) is 0.354. The van der Waals surface area contributed by atoms with Gasteiger partial charge in [0, 0.05) is 6.08 Å². The smallest absolute Gasteiger partial charge is 0.331 e. The molecule has 2 heteroatoms. The lowest BCUT2D eigenvalue weighted by molar-refractivity contribution is -0.141. The van der Waals surface area contributed by atoms with Gasteiger partial charge in [-0.25, -0.2) is 4.79 Å². The Bertz CT molecular complexity index is 394. The van der Waals surface area contributed by atoms with Gasteiger partial charge in [-0.05, 0) is 65.9 Å². The van der Waals surface area contributed by atoms with Gasteiger partial charge in [0.25, 0.3) is 0 Å². The fraction of sp³-hybridized carbons (Fsp3) is 0.611. The molecule has 20 heavy (non-hydrogen) atoms. The molecular weight excluding hydrogens is 248 g/mol. The summed E-state index contributed by atoms with van der Waals surface area (Å²) in [5.41, 5.74) is 3.81. The molecule has 0 saturated heterocycles. The average molecular weight is 278 g/mol. The summed E-state index contributed by atoms with van der Waals surface area (Å²) in [5, 5.41) is 0. The number of esters is 1. The molecule has 0 N–H and O–H groups in total. The van der Waals surface area contributed by atoms with Gasteiger partial charge in [0.15, 0.2) is 0 Å². The molecule has 1 atom stereocenters. The van der Waals surface area contributed by atoms with E-state index in [9.17, 15) is 4.79 Å². The van der Waals surface area contributed by atoms with E-state index in [4.69, 9.17) is 4.74 Å². The van der Waals surface area contributed by atoms with Gasteiger partial charge >= 0.3 is 5.97 Å². The SMILES string of the molecule is CC(C)=C(C)CC(C)C/C=C/C(C)=C/C(=O)OC(C)C. The van der Waals surface area contributed by atoms with Crippen LogP contribution < -0.4 is 0 Å². The molecule has 0 saturated carbocycles. The van der Waals surface area contributed by atoms with E-state index in [0.717, 1.165) is 18.4 Å². The van der Waals surface area contributed by atoms with Gasteiger partial charge in [-0.2, -0.15) is 0 Å². The normalized spacial score (nSPS) is 13.7. The minimum atomic E-state index is -0.268. The Morgan fingerprint density at radius 2 is 1.70 bits per heavy atom. The molecule has 0 aromatic rings. The van der Waals surface area contributed by atoms with Crippen molar-refractivity contribution in [2.75, 3.05) is 0 Å². The zero-order valence-electron chi connectivity index (χ0n) is 14.1. The summed E-state index contributed by atoms with van der Waals surface area (Å²) in [6.07, 6.45) is 7.76. The van der Waals surface area contributed by atoms with Crippen LogP contribution in [-0.4, -0.2) is 12.1 Å². The third-order valence-corrected chi connectivity index (χ3v) is 3.12. The molecule has 0 radical (unpaired) electrons. The van der Waals surface area contributed by atoms with E-state index < -0.39 is 0 Å². The monoisotopic (exact) mass is 278 g/mol. The highest BCUT2D eigenvalue weighted by Gasteiger charge is 2.03. The van der Waals surface area contributed by atoms with E-state index in [-0.39, 0.29) is 12.1 Å². The maximum atomic E-state index is 11.4. The molecule has 1 unspecified atom stereocenters. The van der Waals surface area contributed by atoms with Crippen molar-refractivity contribution in [2.24, 2.45) is 5.92 Å². The summed E-state index contributed by atoms with van der Waals surface area (Å²) in [4.78, 5) is 11.4. The van der Waals surface area contributed by atoms with Crippen LogP contribution >= 0.6 is 0 Å². The topological polar surface area (TPSA) is 26.3 Å². The van der Waals surface area contributed by atoms with Gasteiger partial charge in [0.05, 0.1) is 6.10 Å². The number of hydrogen-bond acceptors (Lipinski definition) is 2. The molecule has 0 aliphatic carbocycles. The van der Waals surface area contributed by atoms with Crippen LogP contribution in [0.4, 0.5) is 0 Å². The molecule has 0 spiro atoms. The zero-order chi connectivity index (χ0) is 15.7. The fourth-order valence-electron chi connectivity index (χ4n) is 1.80. The van der Waals surface area contributed by atoms with E-state index in [1.165, 1.54) is 11.1 Å². The molecule has 114 valence electrons. The van der Waals surface area contributed by atoms with Crippen molar-refractivity contribution in [3.63, 3.8) is 0 Å². The second-order valence-electron chi connectivity index (χ2n) is 6.10. The summed E-state index contributed by atoms with van der Waals surface area (Å²) in [6.45, 7) is 14.4. The quantitative estimate of drug-likeness (QED) is 0.276. The fourth-order valence-corrected chi connectivity index (χ4v) is 1.80. The van der Waals surface area contributed by atoms with Crippen molar-refractivity contribution in [1.82, 2.24) is 0 Å². The Morgan fingerprint density at radius 3 is 2.20 bits per heavy atom. The molecule has 0 fully saturated rings. The van der Waals surface area contributed by atoms with Crippen LogP contribution in [0, 0.1) is 5.92 Å². The van der Waals surface area contributed by atoms with Crippen LogP contribution in [0.25, 0.3) is 0 Å². The first-order chi connectivity index (χ1) is 9.22. The Kier molecular flexibility index (Phi) is 8.94. The van der Waals surface area contributed by atoms with E-state index in [1.54, 1.807) is 6.08 Å². The summed E-state index contributed by atoms with van der Waals surface area (Å²) in [6, 6.07) is 0. The van der Waals surface area contributed by atoms with E-state index in [0.29, 0.717) is 5.92 Å². The summed E-state index contributed by atoms with van der Waals surface area (Å²) >= 11 is 0. The molecular formula is C18H30O2. The molecule has 0 bridgehead atoms. The highest BCUT2D eigenvalue weighted by Crippen LogP contribution is 2.18. The van der Waals surface area contributed by atoms with Gasteiger partial charge in [-0.1, -0.05) is 30.2 Å². The predicted molar refractivity (Wildman–Crippen MR) is 86.6 cm³/mol. The Morgan fingerprint density at radius 1 is 1.10 bits per heavy atom. The van der Waals surface area contributed by atoms with Crippen molar-refractivity contribution in [2.45, 2.75) is 67.4 Å². The highest BCUT2D eigenvalue weighted by molar-refractivity contribution is 5.83. The lowest BCUT2D eigenvalue weighted by Gasteiger charge is -2.10. The predicted octanol–water partition coefficient (Wildman–Crippen LogP) is 5.21. The largest absolute Gasteiger partial charge is 0.460 e. The van der Waals surface area contributed by atoms with Gasteiger partial charge in [-0.3, -0.25) is 0 Å². The lowest BCUT2D eigenvalue weighted by Crippen LogP contribution is -2.08. The maximum absolute atomic E-state index is 11.4. The second-order valence-corrected chi connectivity index (χ2v) is 6.10.